The number of nitrogens with zero attached hydrogens (tertiary/aromatic N) is 2. The van der Waals surface area contributed by atoms with E-state index in [1.54, 1.807) is 32.4 Å². The molecular formula is C21H23N3O4S. The number of amides is 1. The lowest BCUT2D eigenvalue weighted by atomic mass is 10.1. The summed E-state index contributed by atoms with van der Waals surface area (Å²) in [7, 11) is 3.15. The van der Waals surface area contributed by atoms with Crippen LogP contribution in [0, 0.1) is 0 Å². The summed E-state index contributed by atoms with van der Waals surface area (Å²) in [5, 5.41) is 3.48. The Balaban J connectivity index is 1.42. The third kappa shape index (κ3) is 3.93. The molecule has 7 nitrogen and oxygen atoms in total. The van der Waals surface area contributed by atoms with Gasteiger partial charge in [-0.3, -0.25) is 4.79 Å². The maximum Gasteiger partial charge on any atom is 0.261 e. The zero-order chi connectivity index (χ0) is 20.4. The second-order valence-corrected chi connectivity index (χ2v) is 7.26. The molecule has 2 aliphatic rings. The Labute approximate surface area is 175 Å². The van der Waals surface area contributed by atoms with E-state index in [0.29, 0.717) is 41.9 Å². The molecule has 4 rings (SSSR count). The van der Waals surface area contributed by atoms with E-state index in [0.717, 1.165) is 30.0 Å². The lowest BCUT2D eigenvalue weighted by Crippen LogP contribution is -2.48. The Morgan fingerprint density at radius 3 is 2.52 bits per heavy atom. The molecule has 0 unspecified atom stereocenters. The van der Waals surface area contributed by atoms with Crippen LogP contribution < -0.4 is 19.7 Å². The summed E-state index contributed by atoms with van der Waals surface area (Å²) in [6.07, 6.45) is 0. The summed E-state index contributed by atoms with van der Waals surface area (Å²) in [6, 6.07) is 11.5. The van der Waals surface area contributed by atoms with Crippen LogP contribution in [0.25, 0.3) is 0 Å². The van der Waals surface area contributed by atoms with E-state index < -0.39 is 0 Å². The number of piperazine rings is 1. The van der Waals surface area contributed by atoms with Crippen molar-refractivity contribution < 1.29 is 19.0 Å². The number of hydrogen-bond acceptors (Lipinski definition) is 6. The molecule has 8 heteroatoms. The second kappa shape index (κ2) is 8.16. The number of nitrogens with one attached hydrogen (secondary N) is 1. The first kappa shape index (κ1) is 19.3. The molecule has 152 valence electrons. The van der Waals surface area contributed by atoms with Crippen LogP contribution >= 0.6 is 12.2 Å². The largest absolute Gasteiger partial charge is 0.493 e. The Kier molecular flexibility index (Phi) is 5.44. The SMILES string of the molecule is COc1ccc(C(=O)N2CCN(c3ccc4c(c3)COC(=S)N4)CC2)cc1OC. The molecule has 2 aromatic rings. The molecule has 2 heterocycles. The number of ether oxygens (including phenoxy) is 3. The van der Waals surface area contributed by atoms with E-state index in [2.05, 4.69) is 22.3 Å². The van der Waals surface area contributed by atoms with Gasteiger partial charge in [-0.15, -0.1) is 0 Å². The summed E-state index contributed by atoms with van der Waals surface area (Å²) in [5.41, 5.74) is 3.80. The molecule has 29 heavy (non-hydrogen) atoms. The fourth-order valence-electron chi connectivity index (χ4n) is 3.63. The van der Waals surface area contributed by atoms with Gasteiger partial charge in [-0.2, -0.15) is 0 Å². The average molecular weight is 413 g/mol. The van der Waals surface area contributed by atoms with Crippen LogP contribution in [0.1, 0.15) is 15.9 Å². The van der Waals surface area contributed by atoms with E-state index in [9.17, 15) is 4.79 Å². The van der Waals surface area contributed by atoms with Crippen molar-refractivity contribution in [2.24, 2.45) is 0 Å². The van der Waals surface area contributed by atoms with Crippen LogP contribution in [0.3, 0.4) is 0 Å². The minimum atomic E-state index is 0.00200. The molecular weight excluding hydrogens is 390 g/mol. The first-order valence-electron chi connectivity index (χ1n) is 9.42. The van der Waals surface area contributed by atoms with Crippen molar-refractivity contribution in [2.45, 2.75) is 6.61 Å². The molecule has 0 aliphatic carbocycles. The lowest BCUT2D eigenvalue weighted by molar-refractivity contribution is 0.0746. The van der Waals surface area contributed by atoms with Crippen molar-refractivity contribution in [3.63, 3.8) is 0 Å². The molecule has 2 aromatic carbocycles. The molecule has 0 aromatic heterocycles. The average Bonchev–Trinajstić information content (AvgIpc) is 2.77. The number of rotatable bonds is 4. The van der Waals surface area contributed by atoms with E-state index in [-0.39, 0.29) is 5.91 Å². The van der Waals surface area contributed by atoms with Gasteiger partial charge in [0.15, 0.2) is 11.5 Å². The van der Waals surface area contributed by atoms with Crippen LogP contribution in [0.5, 0.6) is 11.5 Å². The number of anilines is 2. The minimum absolute atomic E-state index is 0.00200. The molecule has 0 atom stereocenters. The summed E-state index contributed by atoms with van der Waals surface area (Å²) in [4.78, 5) is 17.1. The monoisotopic (exact) mass is 413 g/mol. The fraction of sp³-hybridized carbons (Fsp3) is 0.333. The predicted octanol–water partition coefficient (Wildman–Crippen LogP) is 2.89. The Bertz CT molecular complexity index is 942. The molecule has 1 N–H and O–H groups in total. The highest BCUT2D eigenvalue weighted by molar-refractivity contribution is 7.80. The van der Waals surface area contributed by atoms with Gasteiger partial charge in [-0.1, -0.05) is 0 Å². The predicted molar refractivity (Wildman–Crippen MR) is 115 cm³/mol. The topological polar surface area (TPSA) is 63.3 Å². The Hall–Kier alpha value is -3.00. The van der Waals surface area contributed by atoms with Crippen LogP contribution in [-0.4, -0.2) is 56.4 Å². The van der Waals surface area contributed by atoms with Crippen molar-refractivity contribution in [2.75, 3.05) is 50.6 Å². The maximum atomic E-state index is 12.9. The number of carbonyl (C=O) groups excluding carboxylic acids is 1. The van der Waals surface area contributed by atoms with Gasteiger partial charge in [0, 0.05) is 48.7 Å². The van der Waals surface area contributed by atoms with E-state index in [1.807, 2.05) is 11.0 Å². The second-order valence-electron chi connectivity index (χ2n) is 6.89. The van der Waals surface area contributed by atoms with Crippen molar-refractivity contribution in [3.8, 4) is 11.5 Å². The van der Waals surface area contributed by atoms with Gasteiger partial charge in [-0.05, 0) is 48.6 Å². The molecule has 1 fully saturated rings. The smallest absolute Gasteiger partial charge is 0.261 e. The standard InChI is InChI=1S/C21H23N3O4S/c1-26-18-6-3-14(12-19(18)27-2)20(25)24-9-7-23(8-10-24)16-4-5-17-15(11-16)13-28-21(29)22-17/h3-6,11-12H,7-10,13H2,1-2H3,(H,22,29). The molecule has 0 spiro atoms. The zero-order valence-electron chi connectivity index (χ0n) is 16.4. The van der Waals surface area contributed by atoms with Gasteiger partial charge < -0.3 is 29.3 Å². The third-order valence-electron chi connectivity index (χ3n) is 5.25. The van der Waals surface area contributed by atoms with Gasteiger partial charge in [0.25, 0.3) is 11.1 Å². The molecule has 0 bridgehead atoms. The van der Waals surface area contributed by atoms with Gasteiger partial charge in [0.05, 0.1) is 14.2 Å². The van der Waals surface area contributed by atoms with E-state index in [1.165, 1.54) is 0 Å². The summed E-state index contributed by atoms with van der Waals surface area (Å²) in [6.45, 7) is 3.33. The number of methoxy groups -OCH3 is 2. The fourth-order valence-corrected chi connectivity index (χ4v) is 3.80. The number of carbonyl (C=O) groups is 1. The highest BCUT2D eigenvalue weighted by atomic mass is 32.1. The molecule has 0 saturated carbocycles. The van der Waals surface area contributed by atoms with Crippen LogP contribution in [0.4, 0.5) is 11.4 Å². The Morgan fingerprint density at radius 2 is 1.79 bits per heavy atom. The first-order chi connectivity index (χ1) is 14.1. The van der Waals surface area contributed by atoms with Crippen LogP contribution in [0.15, 0.2) is 36.4 Å². The lowest BCUT2D eigenvalue weighted by Gasteiger charge is -2.36. The summed E-state index contributed by atoms with van der Waals surface area (Å²) < 4.78 is 16.0. The van der Waals surface area contributed by atoms with Crippen molar-refractivity contribution in [1.29, 1.82) is 0 Å². The Morgan fingerprint density at radius 1 is 1.03 bits per heavy atom. The van der Waals surface area contributed by atoms with Crippen LogP contribution in [-0.2, 0) is 11.3 Å². The molecule has 0 radical (unpaired) electrons. The maximum absolute atomic E-state index is 12.9. The number of fused-ring (bicyclic) bond motifs is 1. The minimum Gasteiger partial charge on any atom is -0.493 e. The number of benzene rings is 2. The van der Waals surface area contributed by atoms with Gasteiger partial charge in [-0.25, -0.2) is 0 Å². The van der Waals surface area contributed by atoms with Crippen molar-refractivity contribution in [3.05, 3.63) is 47.5 Å². The third-order valence-corrected chi connectivity index (χ3v) is 5.47. The molecule has 1 amide bonds. The van der Waals surface area contributed by atoms with E-state index in [4.69, 9.17) is 26.4 Å². The number of hydrogen-bond donors (Lipinski definition) is 1. The first-order valence-corrected chi connectivity index (χ1v) is 9.83. The highest BCUT2D eigenvalue weighted by Gasteiger charge is 2.24. The normalized spacial score (nSPS) is 15.9. The van der Waals surface area contributed by atoms with Crippen molar-refractivity contribution in [1.82, 2.24) is 4.90 Å². The van der Waals surface area contributed by atoms with Gasteiger partial charge in [0.1, 0.15) is 6.61 Å². The van der Waals surface area contributed by atoms with E-state index >= 15 is 0 Å². The summed E-state index contributed by atoms with van der Waals surface area (Å²) in [5.74, 6) is 1.17. The van der Waals surface area contributed by atoms with Gasteiger partial charge >= 0.3 is 0 Å². The van der Waals surface area contributed by atoms with Crippen molar-refractivity contribution >= 4 is 34.7 Å². The quantitative estimate of drug-likeness (QED) is 0.774. The van der Waals surface area contributed by atoms with Gasteiger partial charge in [0.2, 0.25) is 0 Å². The molecule has 1 saturated heterocycles. The summed E-state index contributed by atoms with van der Waals surface area (Å²) >= 11 is 5.05. The molecule has 2 aliphatic heterocycles. The highest BCUT2D eigenvalue weighted by Crippen LogP contribution is 2.29. The number of thiocarbonyl (C=S) groups is 1. The zero-order valence-corrected chi connectivity index (χ0v) is 17.3. The van der Waals surface area contributed by atoms with Crippen LogP contribution in [0.2, 0.25) is 0 Å².